The number of hydrogen-bond acceptors (Lipinski definition) is 9. The van der Waals surface area contributed by atoms with Gasteiger partial charge < -0.3 is 28.8 Å². The van der Waals surface area contributed by atoms with Crippen LogP contribution in [0.4, 0.5) is 0 Å². The fourth-order valence-electron chi connectivity index (χ4n) is 2.37. The fourth-order valence-corrected chi connectivity index (χ4v) is 2.37. The van der Waals surface area contributed by atoms with Crippen molar-refractivity contribution >= 4 is 23.9 Å². The van der Waals surface area contributed by atoms with Crippen LogP contribution >= 0.6 is 0 Å². The van der Waals surface area contributed by atoms with Gasteiger partial charge >= 0.3 is 23.9 Å². The van der Waals surface area contributed by atoms with Crippen LogP contribution in [0.25, 0.3) is 0 Å². The SMILES string of the molecule is CC(=O)OC1C(OC(C)=O)[C@@H](OC(C)=O)C(C)O[C@H]1OCCC(=O)O. The molecule has 0 aromatic carbocycles. The Bertz CT molecular complexity index is 516. The largest absolute Gasteiger partial charge is 0.481 e. The van der Waals surface area contributed by atoms with E-state index in [9.17, 15) is 19.2 Å². The minimum absolute atomic E-state index is 0.213. The summed E-state index contributed by atoms with van der Waals surface area (Å²) < 4.78 is 26.3. The number of carbonyl (C=O) groups is 4. The van der Waals surface area contributed by atoms with Crippen LogP contribution in [0.2, 0.25) is 0 Å². The lowest BCUT2D eigenvalue weighted by Crippen LogP contribution is -2.61. The van der Waals surface area contributed by atoms with Gasteiger partial charge in [-0.15, -0.1) is 0 Å². The van der Waals surface area contributed by atoms with Gasteiger partial charge in [-0.1, -0.05) is 0 Å². The second-order valence-electron chi connectivity index (χ2n) is 5.45. The standard InChI is InChI=1S/C15H22O10/c1-7-12(23-8(2)16)13(24-9(3)17)14(25-10(4)18)15(22-7)21-6-5-11(19)20/h7,12-15H,5-6H2,1-4H3,(H,19,20)/t7?,12-,13?,14?,15+/m0/s1. The molecule has 142 valence electrons. The molecule has 0 aromatic heterocycles. The van der Waals surface area contributed by atoms with E-state index in [1.807, 2.05) is 0 Å². The molecule has 10 nitrogen and oxygen atoms in total. The Morgan fingerprint density at radius 1 is 0.880 bits per heavy atom. The van der Waals surface area contributed by atoms with E-state index >= 15 is 0 Å². The highest BCUT2D eigenvalue weighted by atomic mass is 16.7. The molecular formula is C15H22O10. The lowest BCUT2D eigenvalue weighted by atomic mass is 9.99. The summed E-state index contributed by atoms with van der Waals surface area (Å²) in [6.45, 7) is 4.80. The van der Waals surface area contributed by atoms with Gasteiger partial charge in [0, 0.05) is 20.8 Å². The van der Waals surface area contributed by atoms with Crippen molar-refractivity contribution in [1.82, 2.24) is 0 Å². The van der Waals surface area contributed by atoms with Gasteiger partial charge in [-0.3, -0.25) is 19.2 Å². The summed E-state index contributed by atoms with van der Waals surface area (Å²) in [6.07, 6.45) is -5.65. The van der Waals surface area contributed by atoms with Crippen LogP contribution in [0.5, 0.6) is 0 Å². The third-order valence-corrected chi connectivity index (χ3v) is 3.23. The van der Waals surface area contributed by atoms with Gasteiger partial charge in [-0.25, -0.2) is 0 Å². The van der Waals surface area contributed by atoms with Crippen molar-refractivity contribution in [2.75, 3.05) is 6.61 Å². The van der Waals surface area contributed by atoms with Gasteiger partial charge in [-0.05, 0) is 6.92 Å². The van der Waals surface area contributed by atoms with E-state index in [1.54, 1.807) is 6.92 Å². The van der Waals surface area contributed by atoms with Gasteiger partial charge in [-0.2, -0.15) is 0 Å². The first-order valence-corrected chi connectivity index (χ1v) is 7.62. The number of carbonyl (C=O) groups excluding carboxylic acids is 3. The summed E-state index contributed by atoms with van der Waals surface area (Å²) in [5.41, 5.74) is 0. The normalized spacial score (nSPS) is 28.7. The molecule has 1 fully saturated rings. The summed E-state index contributed by atoms with van der Waals surface area (Å²) in [5, 5.41) is 8.69. The third-order valence-electron chi connectivity index (χ3n) is 3.23. The van der Waals surface area contributed by atoms with Crippen molar-refractivity contribution < 1.29 is 48.0 Å². The zero-order valence-corrected chi connectivity index (χ0v) is 14.4. The third kappa shape index (κ3) is 6.67. The number of hydrogen-bond donors (Lipinski definition) is 1. The number of rotatable bonds is 7. The van der Waals surface area contributed by atoms with E-state index in [1.165, 1.54) is 6.92 Å². The van der Waals surface area contributed by atoms with E-state index in [-0.39, 0.29) is 13.0 Å². The maximum atomic E-state index is 11.4. The van der Waals surface area contributed by atoms with E-state index in [4.69, 9.17) is 28.8 Å². The van der Waals surface area contributed by atoms with E-state index in [0.29, 0.717) is 0 Å². The molecule has 25 heavy (non-hydrogen) atoms. The lowest BCUT2D eigenvalue weighted by Gasteiger charge is -2.43. The van der Waals surface area contributed by atoms with Crippen LogP contribution in [0.1, 0.15) is 34.1 Å². The molecule has 10 heteroatoms. The van der Waals surface area contributed by atoms with Crippen LogP contribution in [0.15, 0.2) is 0 Å². The van der Waals surface area contributed by atoms with Crippen molar-refractivity contribution in [3.8, 4) is 0 Å². The number of ether oxygens (including phenoxy) is 5. The van der Waals surface area contributed by atoms with Crippen molar-refractivity contribution in [1.29, 1.82) is 0 Å². The molecule has 3 unspecified atom stereocenters. The first-order chi connectivity index (χ1) is 11.6. The summed E-state index contributed by atoms with van der Waals surface area (Å²) >= 11 is 0. The monoisotopic (exact) mass is 362 g/mol. The van der Waals surface area contributed by atoms with E-state index in [0.717, 1.165) is 13.8 Å². The first kappa shape index (κ1) is 20.8. The molecule has 0 bridgehead atoms. The highest BCUT2D eigenvalue weighted by Crippen LogP contribution is 2.29. The molecule has 0 radical (unpaired) electrons. The zero-order valence-electron chi connectivity index (χ0n) is 14.4. The molecule has 1 saturated heterocycles. The molecule has 1 aliphatic rings. The fraction of sp³-hybridized carbons (Fsp3) is 0.733. The maximum Gasteiger partial charge on any atom is 0.305 e. The highest BCUT2D eigenvalue weighted by Gasteiger charge is 2.50. The molecule has 5 atom stereocenters. The number of carboxylic acid groups (broad SMARTS) is 1. The number of esters is 3. The minimum atomic E-state index is -1.23. The molecular weight excluding hydrogens is 340 g/mol. The average molecular weight is 362 g/mol. The molecule has 1 heterocycles. The summed E-state index contributed by atoms with van der Waals surface area (Å²) in [5.74, 6) is -3.10. The lowest BCUT2D eigenvalue weighted by molar-refractivity contribution is -0.300. The highest BCUT2D eigenvalue weighted by molar-refractivity contribution is 5.68. The second kappa shape index (κ2) is 9.33. The predicted molar refractivity (Wildman–Crippen MR) is 79.2 cm³/mol. The van der Waals surface area contributed by atoms with E-state index in [2.05, 4.69) is 0 Å². The van der Waals surface area contributed by atoms with Gasteiger partial charge in [0.2, 0.25) is 0 Å². The smallest absolute Gasteiger partial charge is 0.305 e. The van der Waals surface area contributed by atoms with Crippen molar-refractivity contribution in [3.63, 3.8) is 0 Å². The van der Waals surface area contributed by atoms with Crippen LogP contribution in [0, 0.1) is 0 Å². The Labute approximate surface area is 144 Å². The molecule has 1 N–H and O–H groups in total. The van der Waals surface area contributed by atoms with Crippen LogP contribution in [-0.4, -0.2) is 66.3 Å². The Balaban J connectivity index is 3.04. The Hall–Kier alpha value is -2.20. The predicted octanol–water partition coefficient (Wildman–Crippen LogP) is 0.0176. The molecule has 0 aromatic rings. The van der Waals surface area contributed by atoms with Crippen molar-refractivity contribution in [2.45, 2.75) is 64.8 Å². The summed E-state index contributed by atoms with van der Waals surface area (Å²) in [7, 11) is 0. The van der Waals surface area contributed by atoms with Gasteiger partial charge in [0.1, 0.15) is 0 Å². The number of carboxylic acids is 1. The van der Waals surface area contributed by atoms with Gasteiger partial charge in [0.25, 0.3) is 0 Å². The molecule has 0 saturated carbocycles. The molecule has 0 spiro atoms. The van der Waals surface area contributed by atoms with Crippen molar-refractivity contribution in [3.05, 3.63) is 0 Å². The minimum Gasteiger partial charge on any atom is -0.481 e. The van der Waals surface area contributed by atoms with Gasteiger partial charge in [0.15, 0.2) is 24.6 Å². The topological polar surface area (TPSA) is 135 Å². The molecule has 0 aliphatic carbocycles. The first-order valence-electron chi connectivity index (χ1n) is 7.62. The van der Waals surface area contributed by atoms with Crippen LogP contribution in [-0.2, 0) is 42.9 Å². The van der Waals surface area contributed by atoms with Crippen LogP contribution < -0.4 is 0 Å². The molecule has 1 rings (SSSR count). The van der Waals surface area contributed by atoms with E-state index < -0.39 is 54.6 Å². The van der Waals surface area contributed by atoms with Crippen molar-refractivity contribution in [2.24, 2.45) is 0 Å². The maximum absolute atomic E-state index is 11.4. The van der Waals surface area contributed by atoms with Gasteiger partial charge in [0.05, 0.1) is 19.1 Å². The molecule has 1 aliphatic heterocycles. The quantitative estimate of drug-likeness (QED) is 0.487. The Morgan fingerprint density at radius 3 is 1.84 bits per heavy atom. The average Bonchev–Trinajstić information content (AvgIpc) is 2.45. The number of aliphatic carboxylic acids is 1. The second-order valence-corrected chi connectivity index (χ2v) is 5.45. The molecule has 0 amide bonds. The summed E-state index contributed by atoms with van der Waals surface area (Å²) in [4.78, 5) is 44.8. The summed E-state index contributed by atoms with van der Waals surface area (Å²) in [6, 6.07) is 0. The van der Waals surface area contributed by atoms with Crippen LogP contribution in [0.3, 0.4) is 0 Å². The zero-order chi connectivity index (χ0) is 19.1. The Morgan fingerprint density at radius 2 is 1.36 bits per heavy atom. The Kier molecular flexibility index (Phi) is 7.78.